The van der Waals surface area contributed by atoms with Crippen LogP contribution in [0.25, 0.3) is 0 Å². The van der Waals surface area contributed by atoms with Gasteiger partial charge in [-0.2, -0.15) is 0 Å². The van der Waals surface area contributed by atoms with Gasteiger partial charge >= 0.3 is 41.7 Å². The molecule has 3 N–H and O–H groups in total. The molecule has 6 atom stereocenters. The Morgan fingerprint density at radius 1 is 1.21 bits per heavy atom. The van der Waals surface area contributed by atoms with E-state index >= 15 is 0 Å². The standard InChI is InChI=1S/C27H33N3O10S.Na/c1-12(2)40-27(37)39-11-38-26(36)21-22(13(3)20-19(14(4)31)24(33)30(20)21)41-17-9-18(28-10-17)23(32)29-16-7-5-6-15(8-16)25(34)35;/h5-8,12-14,17-20,28,31H,9-11H2,1-4H3,(H,29,32)(H,34,35);/q;+1/p-1/t13-,14-,17+,18+,19-,20-;/m1./s1. The van der Waals surface area contributed by atoms with E-state index in [0.29, 0.717) is 23.6 Å². The van der Waals surface area contributed by atoms with Crippen LogP contribution in [0.2, 0.25) is 0 Å². The minimum absolute atomic E-state index is 0. The first kappa shape index (κ1) is 33.9. The maximum absolute atomic E-state index is 13.1. The topological polar surface area (TPSA) is 184 Å². The Balaban J connectivity index is 0.00000484. The molecule has 42 heavy (non-hydrogen) atoms. The van der Waals surface area contributed by atoms with Crippen molar-refractivity contribution in [2.45, 2.75) is 63.7 Å². The number of esters is 1. The average molecular weight is 614 g/mol. The van der Waals surface area contributed by atoms with Crippen LogP contribution in [0.15, 0.2) is 34.9 Å². The van der Waals surface area contributed by atoms with Gasteiger partial charge in [-0.15, -0.1) is 11.8 Å². The van der Waals surface area contributed by atoms with Gasteiger partial charge < -0.3 is 44.8 Å². The first-order valence-electron chi connectivity index (χ1n) is 13.2. The van der Waals surface area contributed by atoms with Crippen LogP contribution in [0, 0.1) is 11.8 Å². The molecule has 1 aromatic rings. The Labute approximate surface area is 269 Å². The van der Waals surface area contributed by atoms with Crippen LogP contribution in [-0.4, -0.2) is 82.8 Å². The second kappa shape index (κ2) is 14.2. The number of hydrogen-bond donors (Lipinski definition) is 3. The first-order valence-corrected chi connectivity index (χ1v) is 14.0. The third-order valence-electron chi connectivity index (χ3n) is 7.07. The van der Waals surface area contributed by atoms with Gasteiger partial charge in [0.05, 0.1) is 36.2 Å². The number of anilines is 1. The predicted octanol–water partition coefficient (Wildman–Crippen LogP) is -2.41. The van der Waals surface area contributed by atoms with Crippen molar-refractivity contribution >= 4 is 47.4 Å². The number of nitrogens with one attached hydrogen (secondary N) is 2. The van der Waals surface area contributed by atoms with Crippen LogP contribution in [0.5, 0.6) is 0 Å². The summed E-state index contributed by atoms with van der Waals surface area (Å²) < 4.78 is 14.8. The van der Waals surface area contributed by atoms with Gasteiger partial charge in [-0.25, -0.2) is 9.59 Å². The van der Waals surface area contributed by atoms with Crippen molar-refractivity contribution in [2.24, 2.45) is 11.8 Å². The Kier molecular flexibility index (Phi) is 11.5. The number of carbonyl (C=O) groups excluding carboxylic acids is 5. The van der Waals surface area contributed by atoms with Crippen molar-refractivity contribution in [3.05, 3.63) is 40.4 Å². The van der Waals surface area contributed by atoms with Gasteiger partial charge in [0.25, 0.3) is 0 Å². The van der Waals surface area contributed by atoms with E-state index in [1.807, 2.05) is 6.92 Å². The molecule has 0 unspecified atom stereocenters. The fraction of sp³-hybridized carbons (Fsp3) is 0.519. The van der Waals surface area contributed by atoms with Crippen molar-refractivity contribution in [1.82, 2.24) is 10.2 Å². The number of benzene rings is 1. The van der Waals surface area contributed by atoms with E-state index in [-0.39, 0.29) is 57.9 Å². The summed E-state index contributed by atoms with van der Waals surface area (Å²) in [5.74, 6) is -3.94. The van der Waals surface area contributed by atoms with Crippen LogP contribution in [0.3, 0.4) is 0 Å². The van der Waals surface area contributed by atoms with Gasteiger partial charge in [-0.1, -0.05) is 19.1 Å². The maximum atomic E-state index is 13.1. The Morgan fingerprint density at radius 3 is 2.57 bits per heavy atom. The number of carbonyl (C=O) groups is 5. The largest absolute Gasteiger partial charge is 1.00 e. The second-order valence-electron chi connectivity index (χ2n) is 10.4. The zero-order valence-electron chi connectivity index (χ0n) is 23.9. The van der Waals surface area contributed by atoms with Crippen LogP contribution in [-0.2, 0) is 28.6 Å². The van der Waals surface area contributed by atoms with Gasteiger partial charge in [0.15, 0.2) is 0 Å². The maximum Gasteiger partial charge on any atom is 1.00 e. The number of ether oxygens (including phenoxy) is 3. The number of fused-ring (bicyclic) bond motifs is 1. The summed E-state index contributed by atoms with van der Waals surface area (Å²) in [7, 11) is 0. The summed E-state index contributed by atoms with van der Waals surface area (Å²) in [6.45, 7) is 6.36. The SMILES string of the molecule is CC(C)OC(=O)OCOC(=O)C1=C(S[C@@H]2CN[C@H](C(=O)Nc3cccc(C(=O)[O-])c3)C2)[C@H](C)[C@@H]2[C@@H]([C@@H](C)O)C(=O)N12.[Na+]. The van der Waals surface area contributed by atoms with E-state index in [2.05, 4.69) is 10.6 Å². The van der Waals surface area contributed by atoms with Crippen molar-refractivity contribution in [1.29, 1.82) is 0 Å². The molecule has 1 aromatic carbocycles. The smallest absolute Gasteiger partial charge is 0.545 e. The molecule has 15 heteroatoms. The Hall–Kier alpha value is -2.62. The van der Waals surface area contributed by atoms with Crippen molar-refractivity contribution in [3.63, 3.8) is 0 Å². The van der Waals surface area contributed by atoms with Gasteiger partial charge in [-0.05, 0) is 44.9 Å². The number of rotatable bonds is 10. The van der Waals surface area contributed by atoms with E-state index in [1.165, 1.54) is 41.8 Å². The van der Waals surface area contributed by atoms with Gasteiger partial charge in [0.1, 0.15) is 5.70 Å². The van der Waals surface area contributed by atoms with Crippen molar-refractivity contribution in [2.75, 3.05) is 18.7 Å². The van der Waals surface area contributed by atoms with Crippen LogP contribution < -0.4 is 45.3 Å². The molecule has 0 aromatic heterocycles. The van der Waals surface area contributed by atoms with Crippen molar-refractivity contribution < 1.29 is 78.0 Å². The van der Waals surface area contributed by atoms with Gasteiger partial charge in [0.2, 0.25) is 18.6 Å². The molecule has 0 saturated carbocycles. The molecule has 3 aliphatic rings. The van der Waals surface area contributed by atoms with E-state index in [9.17, 15) is 34.2 Å². The molecule has 0 aliphatic carbocycles. The summed E-state index contributed by atoms with van der Waals surface area (Å²) in [5, 5.41) is 27.0. The minimum atomic E-state index is -1.35. The number of aliphatic hydroxyl groups excluding tert-OH is 1. The molecule has 2 fully saturated rings. The van der Waals surface area contributed by atoms with E-state index in [1.54, 1.807) is 19.9 Å². The summed E-state index contributed by atoms with van der Waals surface area (Å²) in [4.78, 5) is 63.6. The van der Waals surface area contributed by atoms with E-state index in [4.69, 9.17) is 14.2 Å². The summed E-state index contributed by atoms with van der Waals surface area (Å²) in [5.41, 5.74) is 0.287. The van der Waals surface area contributed by atoms with Crippen LogP contribution in [0.1, 0.15) is 44.5 Å². The number of thioether (sulfide) groups is 1. The number of hydrogen-bond acceptors (Lipinski definition) is 12. The fourth-order valence-corrected chi connectivity index (χ4v) is 6.70. The number of aliphatic hydroxyl groups is 1. The van der Waals surface area contributed by atoms with Gasteiger partial charge in [-0.3, -0.25) is 9.59 Å². The minimum Gasteiger partial charge on any atom is -0.545 e. The molecule has 0 spiro atoms. The molecule has 3 aliphatic heterocycles. The fourth-order valence-electron chi connectivity index (χ4n) is 5.22. The summed E-state index contributed by atoms with van der Waals surface area (Å²) in [6.07, 6.45) is -1.96. The molecule has 3 heterocycles. The van der Waals surface area contributed by atoms with Crippen molar-refractivity contribution in [3.8, 4) is 0 Å². The predicted molar refractivity (Wildman–Crippen MR) is 143 cm³/mol. The van der Waals surface area contributed by atoms with E-state index in [0.717, 1.165) is 0 Å². The normalized spacial score (nSPS) is 25.2. The first-order chi connectivity index (χ1) is 19.4. The molecular formula is C27H32N3NaO10S. The molecule has 13 nitrogen and oxygen atoms in total. The van der Waals surface area contributed by atoms with Crippen LogP contribution in [0.4, 0.5) is 10.5 Å². The Bertz CT molecular complexity index is 1270. The Morgan fingerprint density at radius 2 is 1.93 bits per heavy atom. The second-order valence-corrected chi connectivity index (χ2v) is 11.7. The van der Waals surface area contributed by atoms with Gasteiger partial charge in [0, 0.05) is 28.3 Å². The summed E-state index contributed by atoms with van der Waals surface area (Å²) in [6, 6.07) is 4.72. The molecule has 0 radical (unpaired) electrons. The van der Waals surface area contributed by atoms with Crippen LogP contribution >= 0.6 is 11.8 Å². The number of carboxylic acids is 1. The third-order valence-corrected chi connectivity index (χ3v) is 8.58. The monoisotopic (exact) mass is 613 g/mol. The molecule has 2 saturated heterocycles. The zero-order chi connectivity index (χ0) is 30.0. The molecular weight excluding hydrogens is 581 g/mol. The zero-order valence-corrected chi connectivity index (χ0v) is 26.8. The number of nitrogens with zero attached hydrogens (tertiary/aromatic N) is 1. The average Bonchev–Trinajstić information content (AvgIpc) is 3.45. The number of β-lactam (4-membered cyclic amide) rings is 1. The summed E-state index contributed by atoms with van der Waals surface area (Å²) >= 11 is 1.35. The molecule has 222 valence electrons. The number of aromatic carboxylic acids is 1. The number of carboxylic acid groups (broad SMARTS) is 1. The molecule has 0 bridgehead atoms. The quantitative estimate of drug-likeness (QED) is 0.110. The third kappa shape index (κ3) is 7.29. The number of amides is 2. The molecule has 4 rings (SSSR count). The molecule has 2 amide bonds. The van der Waals surface area contributed by atoms with E-state index < -0.39 is 61.0 Å².